The van der Waals surface area contributed by atoms with Crippen molar-refractivity contribution in [1.82, 2.24) is 5.32 Å². The molecule has 3 rings (SSSR count). The molecule has 4 heteroatoms. The van der Waals surface area contributed by atoms with Crippen LogP contribution in [0.25, 0.3) is 11.1 Å². The van der Waals surface area contributed by atoms with Crippen molar-refractivity contribution in [3.8, 4) is 11.1 Å². The monoisotopic (exact) mass is 282 g/mol. The van der Waals surface area contributed by atoms with Crippen molar-refractivity contribution in [3.63, 3.8) is 0 Å². The summed E-state index contributed by atoms with van der Waals surface area (Å²) in [6, 6.07) is 17.9. The molecule has 108 valence electrons. The summed E-state index contributed by atoms with van der Waals surface area (Å²) in [5.41, 5.74) is 3.02. The molecule has 1 unspecified atom stereocenters. The topological polar surface area (TPSA) is 50.4 Å². The normalized spacial score (nSPS) is 17.4. The lowest BCUT2D eigenvalue weighted by atomic mass is 10.1. The number of benzene rings is 2. The van der Waals surface area contributed by atoms with Crippen LogP contribution in [0.1, 0.15) is 6.42 Å². The third-order valence-corrected chi connectivity index (χ3v) is 3.53. The quantitative estimate of drug-likeness (QED) is 0.908. The maximum absolute atomic E-state index is 11.8. The van der Waals surface area contributed by atoms with Crippen molar-refractivity contribution >= 4 is 11.8 Å². The Kier molecular flexibility index (Phi) is 4.17. The summed E-state index contributed by atoms with van der Waals surface area (Å²) in [6.45, 7) is 1.64. The number of rotatable bonds is 3. The number of nitrogens with one attached hydrogen (secondary N) is 2. The van der Waals surface area contributed by atoms with Gasteiger partial charge < -0.3 is 10.1 Å². The summed E-state index contributed by atoms with van der Waals surface area (Å²) in [6.07, 6.45) is 0.463. The summed E-state index contributed by atoms with van der Waals surface area (Å²) in [5, 5.41) is 5.92. The fourth-order valence-electron chi connectivity index (χ4n) is 2.40. The van der Waals surface area contributed by atoms with Crippen molar-refractivity contribution < 1.29 is 9.53 Å². The third kappa shape index (κ3) is 3.61. The highest BCUT2D eigenvalue weighted by molar-refractivity contribution is 5.85. The van der Waals surface area contributed by atoms with E-state index >= 15 is 0 Å². The zero-order chi connectivity index (χ0) is 14.5. The van der Waals surface area contributed by atoms with Gasteiger partial charge in [-0.2, -0.15) is 0 Å². The molecule has 2 aromatic rings. The van der Waals surface area contributed by atoms with Crippen LogP contribution in [0.3, 0.4) is 0 Å². The first-order chi connectivity index (χ1) is 10.3. The number of carbonyl (C=O) groups is 1. The average molecular weight is 282 g/mol. The number of carbonyl (C=O) groups excluding carboxylic acids is 1. The van der Waals surface area contributed by atoms with Crippen LogP contribution in [-0.2, 0) is 4.74 Å². The van der Waals surface area contributed by atoms with Gasteiger partial charge in [-0.15, -0.1) is 0 Å². The zero-order valence-corrected chi connectivity index (χ0v) is 11.7. The van der Waals surface area contributed by atoms with E-state index in [-0.39, 0.29) is 6.10 Å². The van der Waals surface area contributed by atoms with Crippen LogP contribution in [0.15, 0.2) is 54.6 Å². The predicted molar refractivity (Wildman–Crippen MR) is 83.3 cm³/mol. The first-order valence-corrected chi connectivity index (χ1v) is 7.15. The third-order valence-electron chi connectivity index (χ3n) is 3.53. The summed E-state index contributed by atoms with van der Waals surface area (Å²) in [5.74, 6) is 0. The number of hydrogen-bond acceptors (Lipinski definition) is 3. The largest absolute Gasteiger partial charge is 0.445 e. The van der Waals surface area contributed by atoms with Crippen LogP contribution in [0.5, 0.6) is 0 Å². The van der Waals surface area contributed by atoms with E-state index < -0.39 is 6.09 Å². The van der Waals surface area contributed by atoms with Gasteiger partial charge in [-0.3, -0.25) is 5.32 Å². The van der Waals surface area contributed by atoms with Crippen LogP contribution in [0.2, 0.25) is 0 Å². The van der Waals surface area contributed by atoms with Gasteiger partial charge in [0.05, 0.1) is 0 Å². The molecular weight excluding hydrogens is 264 g/mol. The molecule has 0 saturated carbocycles. The zero-order valence-electron chi connectivity index (χ0n) is 11.7. The molecule has 2 aromatic carbocycles. The van der Waals surface area contributed by atoms with Gasteiger partial charge in [0.2, 0.25) is 0 Å². The Morgan fingerprint density at radius 1 is 1.05 bits per heavy atom. The first-order valence-electron chi connectivity index (χ1n) is 7.15. The second-order valence-electron chi connectivity index (χ2n) is 5.09. The highest BCUT2D eigenvalue weighted by Gasteiger charge is 2.18. The summed E-state index contributed by atoms with van der Waals surface area (Å²) in [4.78, 5) is 11.8. The fraction of sp³-hybridized carbons (Fsp3) is 0.235. The van der Waals surface area contributed by atoms with Gasteiger partial charge in [-0.25, -0.2) is 4.79 Å². The summed E-state index contributed by atoms with van der Waals surface area (Å²) < 4.78 is 5.32. The lowest BCUT2D eigenvalue weighted by molar-refractivity contribution is 0.121. The minimum absolute atomic E-state index is 0.0198. The van der Waals surface area contributed by atoms with Gasteiger partial charge in [-0.05, 0) is 36.2 Å². The van der Waals surface area contributed by atoms with Gasteiger partial charge in [-0.1, -0.05) is 42.5 Å². The molecule has 0 spiro atoms. The second-order valence-corrected chi connectivity index (χ2v) is 5.09. The van der Waals surface area contributed by atoms with Crippen LogP contribution in [0.4, 0.5) is 10.5 Å². The smallest absolute Gasteiger partial charge is 0.411 e. The molecule has 1 aliphatic heterocycles. The summed E-state index contributed by atoms with van der Waals surface area (Å²) in [7, 11) is 0. The highest BCUT2D eigenvalue weighted by atomic mass is 16.6. The number of hydrogen-bond donors (Lipinski definition) is 2. The van der Waals surface area contributed by atoms with Crippen LogP contribution in [-0.4, -0.2) is 25.3 Å². The maximum Gasteiger partial charge on any atom is 0.411 e. The van der Waals surface area contributed by atoms with Gasteiger partial charge in [0, 0.05) is 12.2 Å². The molecule has 1 atom stereocenters. The molecule has 21 heavy (non-hydrogen) atoms. The van der Waals surface area contributed by atoms with Gasteiger partial charge in [0.1, 0.15) is 6.10 Å². The van der Waals surface area contributed by atoms with Crippen LogP contribution >= 0.6 is 0 Å². The number of ether oxygens (including phenoxy) is 1. The number of amides is 1. The van der Waals surface area contributed by atoms with E-state index in [9.17, 15) is 4.79 Å². The molecule has 1 fully saturated rings. The predicted octanol–water partition coefficient (Wildman–Crippen LogP) is 3.26. The van der Waals surface area contributed by atoms with E-state index in [1.165, 1.54) is 0 Å². The maximum atomic E-state index is 11.8. The lowest BCUT2D eigenvalue weighted by Gasteiger charge is -2.12. The van der Waals surface area contributed by atoms with E-state index in [0.29, 0.717) is 0 Å². The minimum Gasteiger partial charge on any atom is -0.445 e. The van der Waals surface area contributed by atoms with E-state index in [1.54, 1.807) is 0 Å². The molecule has 1 aliphatic rings. The molecule has 1 heterocycles. The van der Waals surface area contributed by atoms with Gasteiger partial charge >= 0.3 is 6.09 Å². The van der Waals surface area contributed by atoms with Gasteiger partial charge in [0.15, 0.2) is 0 Å². The molecule has 4 nitrogen and oxygen atoms in total. The Bertz CT molecular complexity index is 590. The van der Waals surface area contributed by atoms with E-state index in [2.05, 4.69) is 22.8 Å². The van der Waals surface area contributed by atoms with Crippen molar-refractivity contribution in [3.05, 3.63) is 54.6 Å². The molecule has 0 aromatic heterocycles. The van der Waals surface area contributed by atoms with Crippen molar-refractivity contribution in [2.24, 2.45) is 0 Å². The molecular formula is C17H18N2O2. The van der Waals surface area contributed by atoms with E-state index in [1.807, 2.05) is 42.5 Å². The van der Waals surface area contributed by atoms with E-state index in [4.69, 9.17) is 4.74 Å². The van der Waals surface area contributed by atoms with Crippen molar-refractivity contribution in [2.75, 3.05) is 18.4 Å². The molecule has 0 aliphatic carbocycles. The number of anilines is 1. The standard InChI is InChI=1S/C17H18N2O2/c20-17(21-16-10-11-18-12-16)19-15-8-6-14(7-9-15)13-4-2-1-3-5-13/h1-9,16,18H,10-12H2,(H,19,20). The SMILES string of the molecule is O=C(Nc1ccc(-c2ccccc2)cc1)OC1CCNC1. The Labute approximate surface area is 124 Å². The minimum atomic E-state index is -0.392. The Hall–Kier alpha value is -2.33. The molecule has 2 N–H and O–H groups in total. The van der Waals surface area contributed by atoms with Crippen molar-refractivity contribution in [1.29, 1.82) is 0 Å². The lowest BCUT2D eigenvalue weighted by Crippen LogP contribution is -2.24. The van der Waals surface area contributed by atoms with E-state index in [0.717, 1.165) is 36.3 Å². The van der Waals surface area contributed by atoms with Gasteiger partial charge in [0.25, 0.3) is 0 Å². The molecule has 0 bridgehead atoms. The Morgan fingerprint density at radius 2 is 1.76 bits per heavy atom. The van der Waals surface area contributed by atoms with Crippen LogP contribution in [0, 0.1) is 0 Å². The average Bonchev–Trinajstić information content (AvgIpc) is 3.02. The first kappa shape index (κ1) is 13.6. The summed E-state index contributed by atoms with van der Waals surface area (Å²) >= 11 is 0. The van der Waals surface area contributed by atoms with Crippen molar-refractivity contribution in [2.45, 2.75) is 12.5 Å². The Balaban J connectivity index is 1.60. The Morgan fingerprint density at radius 3 is 2.43 bits per heavy atom. The highest BCUT2D eigenvalue weighted by Crippen LogP contribution is 2.21. The molecule has 0 radical (unpaired) electrons. The fourth-order valence-corrected chi connectivity index (χ4v) is 2.40. The second kappa shape index (κ2) is 6.41. The van der Waals surface area contributed by atoms with Crippen LogP contribution < -0.4 is 10.6 Å². The molecule has 1 saturated heterocycles. The molecule has 1 amide bonds.